The van der Waals surface area contributed by atoms with Gasteiger partial charge in [-0.15, -0.1) is 0 Å². The van der Waals surface area contributed by atoms with Gasteiger partial charge in [-0.1, -0.05) is 90.5 Å². The normalized spacial score (nSPS) is 18.9. The molecular formula is C35H40N4O3. The van der Waals surface area contributed by atoms with Crippen molar-refractivity contribution < 1.29 is 14.4 Å². The zero-order chi connectivity index (χ0) is 29.7. The Hall–Kier alpha value is -4.23. The van der Waals surface area contributed by atoms with E-state index in [1.807, 2.05) is 30.3 Å². The lowest BCUT2D eigenvalue weighted by molar-refractivity contribution is -0.114. The molecule has 1 saturated heterocycles. The smallest absolute Gasteiger partial charge is 0.330 e. The molecule has 0 bridgehead atoms. The number of ketones is 1. The number of piperidine rings is 1. The molecule has 0 spiro atoms. The maximum atomic E-state index is 13.3. The number of carbonyl (C=O) groups excluding carboxylic acids is 3. The molecule has 2 aliphatic rings. The van der Waals surface area contributed by atoms with E-state index in [1.54, 1.807) is 6.92 Å². The van der Waals surface area contributed by atoms with Gasteiger partial charge >= 0.3 is 12.1 Å². The van der Waals surface area contributed by atoms with E-state index in [1.165, 1.54) is 23.6 Å². The van der Waals surface area contributed by atoms with Crippen LogP contribution < -0.4 is 10.6 Å². The van der Waals surface area contributed by atoms with Gasteiger partial charge in [0.15, 0.2) is 5.78 Å². The molecule has 0 saturated carbocycles. The molecule has 7 heteroatoms. The lowest BCUT2D eigenvalue weighted by Gasteiger charge is -2.43. The minimum Gasteiger partial charge on any atom is -0.337 e. The summed E-state index contributed by atoms with van der Waals surface area (Å²) in [6.07, 6.45) is 2.81. The van der Waals surface area contributed by atoms with E-state index in [2.05, 4.69) is 77.1 Å². The molecule has 1 fully saturated rings. The Morgan fingerprint density at radius 2 is 1.48 bits per heavy atom. The van der Waals surface area contributed by atoms with E-state index in [-0.39, 0.29) is 11.2 Å². The number of nitrogens with zero attached hydrogens (tertiary/aromatic N) is 2. The number of Topliss-reactive ketones (excluding diaryl/α,β-unsaturated/α-hetero) is 1. The van der Waals surface area contributed by atoms with E-state index in [0.717, 1.165) is 49.4 Å². The largest absolute Gasteiger partial charge is 0.337 e. The predicted molar refractivity (Wildman–Crippen MR) is 165 cm³/mol. The zero-order valence-corrected chi connectivity index (χ0v) is 24.7. The number of amides is 4. The average Bonchev–Trinajstić information content (AvgIpc) is 3.00. The third-order valence-corrected chi connectivity index (χ3v) is 8.73. The van der Waals surface area contributed by atoms with Gasteiger partial charge in [0.2, 0.25) is 0 Å². The molecule has 7 nitrogen and oxygen atoms in total. The van der Waals surface area contributed by atoms with Crippen molar-refractivity contribution in [1.29, 1.82) is 0 Å². The summed E-state index contributed by atoms with van der Waals surface area (Å²) in [6, 6.07) is 27.2. The monoisotopic (exact) mass is 564 g/mol. The van der Waals surface area contributed by atoms with E-state index >= 15 is 0 Å². The van der Waals surface area contributed by atoms with E-state index in [9.17, 15) is 14.4 Å². The first-order chi connectivity index (χ1) is 20.3. The summed E-state index contributed by atoms with van der Waals surface area (Å²) in [5, 5.41) is 5.63. The van der Waals surface area contributed by atoms with Gasteiger partial charge in [0, 0.05) is 23.2 Å². The quantitative estimate of drug-likeness (QED) is 0.324. The molecule has 1 atom stereocenters. The molecule has 42 heavy (non-hydrogen) atoms. The number of carbonyl (C=O) groups is 3. The summed E-state index contributed by atoms with van der Waals surface area (Å²) in [5.74, 6) is -0.179. The number of hydrogen-bond donors (Lipinski definition) is 2. The summed E-state index contributed by atoms with van der Waals surface area (Å²) in [7, 11) is 0. The van der Waals surface area contributed by atoms with Crippen LogP contribution in [0.5, 0.6) is 0 Å². The molecule has 0 aliphatic carbocycles. The fourth-order valence-electron chi connectivity index (χ4n) is 6.47. The van der Waals surface area contributed by atoms with Crippen LogP contribution in [0.3, 0.4) is 0 Å². The first-order valence-corrected chi connectivity index (χ1v) is 14.8. The van der Waals surface area contributed by atoms with Crippen LogP contribution in [0.15, 0.2) is 96.2 Å². The number of likely N-dealkylation sites (tertiary alicyclic amines) is 1. The van der Waals surface area contributed by atoms with Crippen LogP contribution in [-0.2, 0) is 10.2 Å². The molecule has 2 N–H and O–H groups in total. The molecule has 2 aliphatic heterocycles. The third-order valence-electron chi connectivity index (χ3n) is 8.73. The number of benzene rings is 3. The standard InChI is InChI=1S/C35H40N4O3/c1-25-15-17-30(18-16-25)35(29-13-8-5-9-14-29)19-23-38(24-20-35)22-10-21-36-33(41)39-32(28-11-6-4-7-12-28)31(27(3)40)26(2)37-34(39)42/h4-9,11-18,32H,10,19-24H2,1-3H3,(H,36,41)(H,37,42). The lowest BCUT2D eigenvalue weighted by Crippen LogP contribution is -2.54. The predicted octanol–water partition coefficient (Wildman–Crippen LogP) is 6.11. The van der Waals surface area contributed by atoms with Gasteiger partial charge in [-0.2, -0.15) is 0 Å². The van der Waals surface area contributed by atoms with Crippen molar-refractivity contribution in [3.63, 3.8) is 0 Å². The van der Waals surface area contributed by atoms with Crippen molar-refractivity contribution in [2.24, 2.45) is 0 Å². The second kappa shape index (κ2) is 12.7. The molecule has 3 aromatic carbocycles. The molecule has 0 radical (unpaired) electrons. The summed E-state index contributed by atoms with van der Waals surface area (Å²) >= 11 is 0. The third kappa shape index (κ3) is 6.02. The van der Waals surface area contributed by atoms with Gasteiger partial charge in [-0.05, 0) is 76.4 Å². The Balaban J connectivity index is 1.21. The van der Waals surface area contributed by atoms with Crippen LogP contribution in [0, 0.1) is 6.92 Å². The number of rotatable bonds is 8. The first kappa shape index (κ1) is 29.3. The number of imide groups is 1. The molecule has 5 rings (SSSR count). The van der Waals surface area contributed by atoms with Gasteiger partial charge in [0.1, 0.15) is 0 Å². The lowest BCUT2D eigenvalue weighted by atomic mass is 9.68. The van der Waals surface area contributed by atoms with E-state index < -0.39 is 18.1 Å². The van der Waals surface area contributed by atoms with Crippen molar-refractivity contribution in [2.75, 3.05) is 26.2 Å². The number of allylic oxidation sites excluding steroid dienone is 1. The number of nitrogens with one attached hydrogen (secondary N) is 2. The SMILES string of the molecule is CC(=O)C1=C(C)NC(=O)N(C(=O)NCCCN2CCC(c3ccccc3)(c3ccc(C)cc3)CC2)C1c1ccccc1. The highest BCUT2D eigenvalue weighted by atomic mass is 16.2. The van der Waals surface area contributed by atoms with Crippen molar-refractivity contribution in [2.45, 2.75) is 51.5 Å². The fraction of sp³-hybridized carbons (Fsp3) is 0.343. The van der Waals surface area contributed by atoms with Crippen molar-refractivity contribution in [3.05, 3.63) is 118 Å². The molecule has 3 aromatic rings. The van der Waals surface area contributed by atoms with Gasteiger partial charge in [-0.25, -0.2) is 14.5 Å². The Morgan fingerprint density at radius 3 is 2.10 bits per heavy atom. The summed E-state index contributed by atoms with van der Waals surface area (Å²) in [4.78, 5) is 42.5. The highest BCUT2D eigenvalue weighted by Crippen LogP contribution is 2.42. The van der Waals surface area contributed by atoms with Crippen LogP contribution in [0.1, 0.15) is 61.4 Å². The van der Waals surface area contributed by atoms with Crippen LogP contribution >= 0.6 is 0 Å². The van der Waals surface area contributed by atoms with Crippen LogP contribution in [0.4, 0.5) is 9.59 Å². The fourth-order valence-corrected chi connectivity index (χ4v) is 6.47. The highest BCUT2D eigenvalue weighted by Gasteiger charge is 2.40. The zero-order valence-electron chi connectivity index (χ0n) is 24.7. The second-order valence-corrected chi connectivity index (χ2v) is 11.4. The summed E-state index contributed by atoms with van der Waals surface area (Å²) < 4.78 is 0. The highest BCUT2D eigenvalue weighted by molar-refractivity contribution is 6.03. The maximum Gasteiger partial charge on any atom is 0.330 e. The Labute approximate surface area is 248 Å². The van der Waals surface area contributed by atoms with Crippen molar-refractivity contribution in [3.8, 4) is 0 Å². The van der Waals surface area contributed by atoms with Gasteiger partial charge in [0.25, 0.3) is 0 Å². The minimum absolute atomic E-state index is 0.00613. The van der Waals surface area contributed by atoms with Crippen molar-refractivity contribution >= 4 is 17.8 Å². The van der Waals surface area contributed by atoms with Crippen LogP contribution in [0.2, 0.25) is 0 Å². The van der Waals surface area contributed by atoms with Gasteiger partial charge in [-0.3, -0.25) is 4.79 Å². The molecule has 218 valence electrons. The van der Waals surface area contributed by atoms with Crippen molar-refractivity contribution in [1.82, 2.24) is 20.4 Å². The minimum atomic E-state index is -0.771. The molecule has 4 amide bonds. The maximum absolute atomic E-state index is 13.3. The van der Waals surface area contributed by atoms with Crippen LogP contribution in [-0.4, -0.2) is 53.8 Å². The Morgan fingerprint density at radius 1 is 0.881 bits per heavy atom. The Bertz CT molecular complexity index is 1440. The summed E-state index contributed by atoms with van der Waals surface area (Å²) in [5.41, 5.74) is 5.61. The van der Waals surface area contributed by atoms with E-state index in [4.69, 9.17) is 0 Å². The molecule has 1 unspecified atom stereocenters. The number of urea groups is 2. The Kier molecular flexibility index (Phi) is 8.88. The number of aryl methyl sites for hydroxylation is 1. The number of hydrogen-bond acceptors (Lipinski definition) is 4. The molecule has 2 heterocycles. The van der Waals surface area contributed by atoms with Gasteiger partial charge < -0.3 is 15.5 Å². The molecule has 0 aromatic heterocycles. The first-order valence-electron chi connectivity index (χ1n) is 14.8. The van der Waals surface area contributed by atoms with Crippen LogP contribution in [0.25, 0.3) is 0 Å². The summed E-state index contributed by atoms with van der Waals surface area (Å²) in [6.45, 7) is 8.50. The van der Waals surface area contributed by atoms with E-state index in [0.29, 0.717) is 17.8 Å². The topological polar surface area (TPSA) is 81.8 Å². The second-order valence-electron chi connectivity index (χ2n) is 11.4. The van der Waals surface area contributed by atoms with Gasteiger partial charge in [0.05, 0.1) is 6.04 Å². The molecular weight excluding hydrogens is 524 g/mol. The average molecular weight is 565 g/mol.